The molecule has 6 heteroatoms. The van der Waals surface area contributed by atoms with Crippen molar-refractivity contribution in [3.8, 4) is 11.5 Å². The van der Waals surface area contributed by atoms with E-state index in [2.05, 4.69) is 11.9 Å². The standard InChI is InChI=1S/C16H18N2O4/c1-3-7-22-14-9-11-10(8-13(14)21-2)16(20)18-6-4-5-12(18)15(19)17-11/h3,8-9,12H,1,4-7H2,2H3,(H,17,19)/t12-/m0/s1. The largest absolute Gasteiger partial charge is 0.493 e. The second kappa shape index (κ2) is 5.71. The topological polar surface area (TPSA) is 67.9 Å². The molecule has 2 amide bonds. The fourth-order valence-electron chi connectivity index (χ4n) is 2.91. The van der Waals surface area contributed by atoms with Crippen LogP contribution in [0.5, 0.6) is 11.5 Å². The van der Waals surface area contributed by atoms with Crippen LogP contribution in [0.15, 0.2) is 24.8 Å². The van der Waals surface area contributed by atoms with Crippen molar-refractivity contribution in [1.29, 1.82) is 0 Å². The van der Waals surface area contributed by atoms with E-state index in [1.807, 2.05) is 0 Å². The number of carbonyl (C=O) groups excluding carboxylic acids is 2. The SMILES string of the molecule is C=CCOc1cc2c(cc1OC)C(=O)N1CCC[C@H]1C(=O)N2. The van der Waals surface area contributed by atoms with Crippen LogP contribution >= 0.6 is 0 Å². The lowest BCUT2D eigenvalue weighted by Gasteiger charge is -2.20. The Morgan fingerprint density at radius 1 is 1.41 bits per heavy atom. The molecular formula is C16H18N2O4. The average molecular weight is 302 g/mol. The van der Waals surface area contributed by atoms with Gasteiger partial charge in [0.2, 0.25) is 5.91 Å². The number of carbonyl (C=O) groups is 2. The smallest absolute Gasteiger partial charge is 0.256 e. The van der Waals surface area contributed by atoms with E-state index in [-0.39, 0.29) is 17.9 Å². The molecule has 1 atom stereocenters. The van der Waals surface area contributed by atoms with Crippen molar-refractivity contribution >= 4 is 17.5 Å². The molecule has 0 radical (unpaired) electrons. The van der Waals surface area contributed by atoms with E-state index in [0.29, 0.717) is 42.3 Å². The average Bonchev–Trinajstić information content (AvgIpc) is 2.98. The van der Waals surface area contributed by atoms with Crippen LogP contribution in [0.2, 0.25) is 0 Å². The number of hydrogen-bond acceptors (Lipinski definition) is 4. The third-order valence-electron chi connectivity index (χ3n) is 3.97. The van der Waals surface area contributed by atoms with Gasteiger partial charge in [0.05, 0.1) is 18.4 Å². The molecule has 2 aliphatic heterocycles. The summed E-state index contributed by atoms with van der Waals surface area (Å²) in [5, 5.41) is 2.83. The number of amides is 2. The Bertz CT molecular complexity index is 641. The number of nitrogens with one attached hydrogen (secondary N) is 1. The highest BCUT2D eigenvalue weighted by Crippen LogP contribution is 2.37. The summed E-state index contributed by atoms with van der Waals surface area (Å²) in [6.45, 7) is 4.52. The van der Waals surface area contributed by atoms with E-state index < -0.39 is 0 Å². The van der Waals surface area contributed by atoms with Crippen molar-refractivity contribution < 1.29 is 19.1 Å². The quantitative estimate of drug-likeness (QED) is 0.861. The van der Waals surface area contributed by atoms with Gasteiger partial charge in [-0.1, -0.05) is 12.7 Å². The summed E-state index contributed by atoms with van der Waals surface area (Å²) in [4.78, 5) is 26.6. The maximum absolute atomic E-state index is 12.7. The van der Waals surface area contributed by atoms with E-state index in [4.69, 9.17) is 9.47 Å². The first kappa shape index (κ1) is 14.4. The van der Waals surface area contributed by atoms with E-state index in [9.17, 15) is 9.59 Å². The molecule has 0 aromatic heterocycles. The fraction of sp³-hybridized carbons (Fsp3) is 0.375. The number of benzene rings is 1. The maximum atomic E-state index is 12.7. The van der Waals surface area contributed by atoms with Crippen molar-refractivity contribution in [1.82, 2.24) is 4.90 Å². The first-order chi connectivity index (χ1) is 10.7. The lowest BCUT2D eigenvalue weighted by Crippen LogP contribution is -2.40. The van der Waals surface area contributed by atoms with Gasteiger partial charge in [0, 0.05) is 12.6 Å². The minimum atomic E-state index is -0.386. The summed E-state index contributed by atoms with van der Waals surface area (Å²) in [5.41, 5.74) is 0.893. The minimum Gasteiger partial charge on any atom is -0.493 e. The van der Waals surface area contributed by atoms with Crippen molar-refractivity contribution in [2.45, 2.75) is 18.9 Å². The zero-order chi connectivity index (χ0) is 15.7. The summed E-state index contributed by atoms with van der Waals surface area (Å²) >= 11 is 0. The number of ether oxygens (including phenoxy) is 2. The second-order valence-electron chi connectivity index (χ2n) is 5.29. The molecule has 22 heavy (non-hydrogen) atoms. The molecule has 1 aromatic rings. The van der Waals surface area contributed by atoms with Crippen molar-refractivity contribution in [3.63, 3.8) is 0 Å². The molecule has 0 aliphatic carbocycles. The number of anilines is 1. The van der Waals surface area contributed by atoms with Gasteiger partial charge in [0.15, 0.2) is 11.5 Å². The van der Waals surface area contributed by atoms with Crippen LogP contribution in [-0.2, 0) is 4.79 Å². The highest BCUT2D eigenvalue weighted by molar-refractivity contribution is 6.10. The van der Waals surface area contributed by atoms with E-state index in [1.165, 1.54) is 7.11 Å². The maximum Gasteiger partial charge on any atom is 0.256 e. The lowest BCUT2D eigenvalue weighted by atomic mass is 10.1. The first-order valence-electron chi connectivity index (χ1n) is 7.23. The highest BCUT2D eigenvalue weighted by atomic mass is 16.5. The van der Waals surface area contributed by atoms with E-state index in [0.717, 1.165) is 6.42 Å². The molecule has 116 valence electrons. The van der Waals surface area contributed by atoms with Gasteiger partial charge in [-0.2, -0.15) is 0 Å². The Kier molecular flexibility index (Phi) is 3.75. The van der Waals surface area contributed by atoms with Gasteiger partial charge in [-0.05, 0) is 18.9 Å². The summed E-state index contributed by atoms with van der Waals surface area (Å²) in [6, 6.07) is 2.87. The van der Waals surface area contributed by atoms with E-state index >= 15 is 0 Å². The molecule has 6 nitrogen and oxygen atoms in total. The molecule has 1 aromatic carbocycles. The van der Waals surface area contributed by atoms with Gasteiger partial charge < -0.3 is 19.7 Å². The van der Waals surface area contributed by atoms with Gasteiger partial charge in [-0.3, -0.25) is 9.59 Å². The number of hydrogen-bond donors (Lipinski definition) is 1. The molecule has 1 N–H and O–H groups in total. The molecule has 1 saturated heterocycles. The third kappa shape index (κ3) is 2.30. The Morgan fingerprint density at radius 2 is 2.23 bits per heavy atom. The zero-order valence-electron chi connectivity index (χ0n) is 12.4. The number of fused-ring (bicyclic) bond motifs is 2. The van der Waals surface area contributed by atoms with Crippen LogP contribution in [-0.4, -0.2) is 43.0 Å². The van der Waals surface area contributed by atoms with Gasteiger partial charge in [-0.25, -0.2) is 0 Å². The Balaban J connectivity index is 2.05. The highest BCUT2D eigenvalue weighted by Gasteiger charge is 2.38. The molecule has 0 spiro atoms. The summed E-state index contributed by atoms with van der Waals surface area (Å²) in [5.74, 6) is 0.631. The molecule has 2 aliphatic rings. The van der Waals surface area contributed by atoms with Crippen LogP contribution < -0.4 is 14.8 Å². The van der Waals surface area contributed by atoms with Gasteiger partial charge in [0.25, 0.3) is 5.91 Å². The predicted octanol–water partition coefficient (Wildman–Crippen LogP) is 1.82. The molecule has 1 fully saturated rings. The van der Waals surface area contributed by atoms with Gasteiger partial charge >= 0.3 is 0 Å². The van der Waals surface area contributed by atoms with Crippen LogP contribution in [0.3, 0.4) is 0 Å². The fourth-order valence-corrected chi connectivity index (χ4v) is 2.91. The van der Waals surface area contributed by atoms with Crippen molar-refractivity contribution in [2.24, 2.45) is 0 Å². The predicted molar refractivity (Wildman–Crippen MR) is 81.4 cm³/mol. The normalized spacial score (nSPS) is 19.9. The summed E-state index contributed by atoms with van der Waals surface area (Å²) in [7, 11) is 1.51. The Labute approximate surface area is 128 Å². The molecule has 0 saturated carbocycles. The lowest BCUT2D eigenvalue weighted by molar-refractivity contribution is -0.119. The van der Waals surface area contributed by atoms with Crippen LogP contribution in [0.4, 0.5) is 5.69 Å². The summed E-state index contributed by atoms with van der Waals surface area (Å²) < 4.78 is 10.8. The number of methoxy groups -OCH3 is 1. The van der Waals surface area contributed by atoms with Crippen LogP contribution in [0, 0.1) is 0 Å². The van der Waals surface area contributed by atoms with Gasteiger partial charge in [0.1, 0.15) is 12.6 Å². The Hall–Kier alpha value is -2.50. The van der Waals surface area contributed by atoms with Crippen molar-refractivity contribution in [3.05, 3.63) is 30.4 Å². The molecule has 3 rings (SSSR count). The zero-order valence-corrected chi connectivity index (χ0v) is 12.4. The second-order valence-corrected chi connectivity index (χ2v) is 5.29. The number of nitrogens with zero attached hydrogens (tertiary/aromatic N) is 1. The van der Waals surface area contributed by atoms with Crippen LogP contribution in [0.1, 0.15) is 23.2 Å². The third-order valence-corrected chi connectivity index (χ3v) is 3.97. The number of rotatable bonds is 4. The minimum absolute atomic E-state index is 0.149. The molecule has 2 heterocycles. The molecule has 0 unspecified atom stereocenters. The van der Waals surface area contributed by atoms with Crippen LogP contribution in [0.25, 0.3) is 0 Å². The molecular weight excluding hydrogens is 284 g/mol. The van der Waals surface area contributed by atoms with E-state index in [1.54, 1.807) is 23.1 Å². The van der Waals surface area contributed by atoms with Crippen molar-refractivity contribution in [2.75, 3.05) is 25.6 Å². The Morgan fingerprint density at radius 3 is 2.95 bits per heavy atom. The monoisotopic (exact) mass is 302 g/mol. The molecule has 0 bridgehead atoms. The first-order valence-corrected chi connectivity index (χ1v) is 7.23. The van der Waals surface area contributed by atoms with Gasteiger partial charge in [-0.15, -0.1) is 0 Å². The summed E-state index contributed by atoms with van der Waals surface area (Å²) in [6.07, 6.45) is 3.16.